The first-order valence-electron chi connectivity index (χ1n) is 6.89. The minimum Gasteiger partial charge on any atom is -0.379 e. The molecule has 0 spiro atoms. The number of hydrogen-bond acceptors (Lipinski definition) is 5. The van der Waals surface area contributed by atoms with Crippen molar-refractivity contribution in [3.8, 4) is 6.07 Å². The number of hydrogen-bond donors (Lipinski definition) is 0. The lowest BCUT2D eigenvalue weighted by Crippen LogP contribution is -2.53. The van der Waals surface area contributed by atoms with Crippen molar-refractivity contribution in [3.63, 3.8) is 0 Å². The topological polar surface area (TPSA) is 42.7 Å². The van der Waals surface area contributed by atoms with Crippen LogP contribution in [0.2, 0.25) is 0 Å². The molecule has 0 aliphatic carbocycles. The van der Waals surface area contributed by atoms with Crippen molar-refractivity contribution in [1.29, 1.82) is 5.26 Å². The van der Waals surface area contributed by atoms with Crippen molar-refractivity contribution in [3.05, 3.63) is 0 Å². The van der Waals surface area contributed by atoms with Gasteiger partial charge in [0.25, 0.3) is 0 Å². The highest BCUT2D eigenvalue weighted by Crippen LogP contribution is 2.11. The quantitative estimate of drug-likeness (QED) is 0.696. The molecule has 0 bridgehead atoms. The van der Waals surface area contributed by atoms with Gasteiger partial charge in [-0.15, -0.1) is 0 Å². The van der Waals surface area contributed by atoms with Gasteiger partial charge in [-0.25, -0.2) is 0 Å². The number of nitriles is 1. The Balaban J connectivity index is 1.77. The van der Waals surface area contributed by atoms with Gasteiger partial charge in [-0.05, 0) is 7.05 Å². The van der Waals surface area contributed by atoms with Crippen LogP contribution in [0.15, 0.2) is 0 Å². The molecular formula is C13H24N4O. The minimum absolute atomic E-state index is 0.412. The largest absolute Gasteiger partial charge is 0.379 e. The Labute approximate surface area is 110 Å². The third-order valence-electron chi connectivity index (χ3n) is 3.94. The van der Waals surface area contributed by atoms with E-state index in [9.17, 15) is 0 Å². The van der Waals surface area contributed by atoms with Crippen LogP contribution in [0.3, 0.4) is 0 Å². The molecule has 1 atom stereocenters. The van der Waals surface area contributed by atoms with Gasteiger partial charge < -0.3 is 9.64 Å². The van der Waals surface area contributed by atoms with Crippen LogP contribution in [0.25, 0.3) is 0 Å². The van der Waals surface area contributed by atoms with Gasteiger partial charge in [-0.2, -0.15) is 5.26 Å². The van der Waals surface area contributed by atoms with E-state index in [0.717, 1.165) is 59.0 Å². The maximum atomic E-state index is 8.92. The monoisotopic (exact) mass is 252 g/mol. The number of rotatable bonds is 4. The lowest BCUT2D eigenvalue weighted by Gasteiger charge is -2.40. The van der Waals surface area contributed by atoms with Crippen LogP contribution in [0, 0.1) is 11.3 Å². The molecule has 0 aromatic carbocycles. The lowest BCUT2D eigenvalue weighted by atomic mass is 10.1. The van der Waals surface area contributed by atoms with E-state index in [1.54, 1.807) is 0 Å². The predicted octanol–water partition coefficient (Wildman–Crippen LogP) is -0.152. The van der Waals surface area contributed by atoms with Crippen molar-refractivity contribution in [2.75, 3.05) is 66.1 Å². The van der Waals surface area contributed by atoms with Gasteiger partial charge in [0.2, 0.25) is 0 Å². The molecule has 18 heavy (non-hydrogen) atoms. The number of morpholine rings is 1. The molecule has 2 saturated heterocycles. The lowest BCUT2D eigenvalue weighted by molar-refractivity contribution is 0.0239. The van der Waals surface area contributed by atoms with Crippen LogP contribution >= 0.6 is 0 Å². The number of nitrogens with zero attached hydrogens (tertiary/aromatic N) is 4. The molecule has 2 rings (SSSR count). The summed E-state index contributed by atoms with van der Waals surface area (Å²) in [5.74, 6) is 0. The van der Waals surface area contributed by atoms with Crippen LogP contribution < -0.4 is 0 Å². The first-order chi connectivity index (χ1) is 8.79. The second-order valence-electron chi connectivity index (χ2n) is 5.27. The normalized spacial score (nSPS) is 28.1. The molecule has 0 aromatic heterocycles. The van der Waals surface area contributed by atoms with Crippen molar-refractivity contribution in [1.82, 2.24) is 14.7 Å². The van der Waals surface area contributed by atoms with E-state index in [4.69, 9.17) is 10.00 Å². The molecule has 0 N–H and O–H groups in total. The Morgan fingerprint density at radius 1 is 1.17 bits per heavy atom. The first-order valence-corrected chi connectivity index (χ1v) is 6.89. The molecule has 102 valence electrons. The van der Waals surface area contributed by atoms with Crippen LogP contribution in [-0.4, -0.2) is 86.8 Å². The summed E-state index contributed by atoms with van der Waals surface area (Å²) in [6, 6.07) is 2.74. The molecule has 2 aliphatic rings. The summed E-state index contributed by atoms with van der Waals surface area (Å²) in [6.07, 6.45) is 0.646. The Bertz CT molecular complexity index is 285. The summed E-state index contributed by atoms with van der Waals surface area (Å²) >= 11 is 0. The molecule has 0 amide bonds. The highest BCUT2D eigenvalue weighted by atomic mass is 16.5. The average molecular weight is 252 g/mol. The standard InChI is InChI=1S/C13H24N4O/c1-15-4-6-17(13(12-15)2-3-14)7-5-16-8-10-18-11-9-16/h13H,2,4-12H2,1H3. The Kier molecular flexibility index (Phi) is 5.39. The summed E-state index contributed by atoms with van der Waals surface area (Å²) in [5.41, 5.74) is 0. The molecule has 0 aromatic rings. The van der Waals surface area contributed by atoms with Gasteiger partial charge in [0.15, 0.2) is 0 Å². The average Bonchev–Trinajstić information content (AvgIpc) is 2.39. The molecular weight excluding hydrogens is 228 g/mol. The van der Waals surface area contributed by atoms with E-state index >= 15 is 0 Å². The van der Waals surface area contributed by atoms with E-state index in [-0.39, 0.29) is 0 Å². The van der Waals surface area contributed by atoms with E-state index in [2.05, 4.69) is 27.8 Å². The van der Waals surface area contributed by atoms with Crippen LogP contribution in [0.1, 0.15) is 6.42 Å². The minimum atomic E-state index is 0.412. The van der Waals surface area contributed by atoms with Gasteiger partial charge in [-0.3, -0.25) is 9.80 Å². The molecule has 0 saturated carbocycles. The van der Waals surface area contributed by atoms with Crippen molar-refractivity contribution in [2.24, 2.45) is 0 Å². The van der Waals surface area contributed by atoms with E-state index < -0.39 is 0 Å². The van der Waals surface area contributed by atoms with Crippen molar-refractivity contribution < 1.29 is 4.74 Å². The predicted molar refractivity (Wildman–Crippen MR) is 70.3 cm³/mol. The summed E-state index contributed by atoms with van der Waals surface area (Å²) in [7, 11) is 2.14. The van der Waals surface area contributed by atoms with Crippen molar-refractivity contribution in [2.45, 2.75) is 12.5 Å². The first kappa shape index (κ1) is 13.8. The fraction of sp³-hybridized carbons (Fsp3) is 0.923. The van der Waals surface area contributed by atoms with Gasteiger partial charge in [0.05, 0.1) is 25.7 Å². The van der Waals surface area contributed by atoms with Gasteiger partial charge in [0, 0.05) is 51.9 Å². The fourth-order valence-corrected chi connectivity index (χ4v) is 2.74. The van der Waals surface area contributed by atoms with E-state index in [0.29, 0.717) is 12.5 Å². The summed E-state index contributed by atoms with van der Waals surface area (Å²) in [5, 5.41) is 8.92. The second-order valence-corrected chi connectivity index (χ2v) is 5.27. The van der Waals surface area contributed by atoms with Gasteiger partial charge in [0.1, 0.15) is 0 Å². The Morgan fingerprint density at radius 3 is 2.67 bits per heavy atom. The van der Waals surface area contributed by atoms with Crippen molar-refractivity contribution >= 4 is 0 Å². The van der Waals surface area contributed by atoms with Gasteiger partial charge in [-0.1, -0.05) is 0 Å². The van der Waals surface area contributed by atoms with Gasteiger partial charge >= 0.3 is 0 Å². The molecule has 0 radical (unpaired) electrons. The SMILES string of the molecule is CN1CCN(CCN2CCOCC2)C(CC#N)C1. The molecule has 2 aliphatic heterocycles. The zero-order valence-corrected chi connectivity index (χ0v) is 11.3. The maximum absolute atomic E-state index is 8.92. The summed E-state index contributed by atoms with van der Waals surface area (Å²) in [4.78, 5) is 7.27. The molecule has 2 heterocycles. The third-order valence-corrected chi connectivity index (χ3v) is 3.94. The zero-order chi connectivity index (χ0) is 12.8. The van der Waals surface area contributed by atoms with Crippen LogP contribution in [0.5, 0.6) is 0 Å². The Morgan fingerprint density at radius 2 is 1.94 bits per heavy atom. The highest BCUT2D eigenvalue weighted by molar-refractivity contribution is 4.88. The fourth-order valence-electron chi connectivity index (χ4n) is 2.74. The van der Waals surface area contributed by atoms with E-state index in [1.807, 2.05) is 0 Å². The van der Waals surface area contributed by atoms with Crippen LogP contribution in [0.4, 0.5) is 0 Å². The molecule has 1 unspecified atom stereocenters. The zero-order valence-electron chi connectivity index (χ0n) is 11.3. The highest BCUT2D eigenvalue weighted by Gasteiger charge is 2.25. The third kappa shape index (κ3) is 3.92. The Hall–Kier alpha value is -0.670. The summed E-state index contributed by atoms with van der Waals surface area (Å²) < 4.78 is 5.36. The second kappa shape index (κ2) is 7.05. The van der Waals surface area contributed by atoms with Crippen LogP contribution in [-0.2, 0) is 4.74 Å². The summed E-state index contributed by atoms with van der Waals surface area (Å²) in [6.45, 7) is 9.26. The van der Waals surface area contributed by atoms with E-state index in [1.165, 1.54) is 0 Å². The number of ether oxygens (including phenoxy) is 1. The maximum Gasteiger partial charge on any atom is 0.0638 e. The smallest absolute Gasteiger partial charge is 0.0638 e. The molecule has 5 heteroatoms. The number of piperazine rings is 1. The number of likely N-dealkylation sites (N-methyl/N-ethyl adjacent to an activating group) is 1. The molecule has 5 nitrogen and oxygen atoms in total. The molecule has 2 fully saturated rings.